The Morgan fingerprint density at radius 2 is 1.94 bits per heavy atom. The van der Waals surface area contributed by atoms with E-state index in [2.05, 4.69) is 10.3 Å². The number of carbonyl (C=O) groups excluding carboxylic acids is 1. The van der Waals surface area contributed by atoms with Gasteiger partial charge in [-0.15, -0.1) is 11.3 Å². The average Bonchev–Trinajstić information content (AvgIpc) is 3.60. The Balaban J connectivity index is 1.21. The smallest absolute Gasteiger partial charge is 0.387 e. The van der Waals surface area contributed by atoms with E-state index in [0.717, 1.165) is 40.9 Å². The predicted octanol–water partition coefficient (Wildman–Crippen LogP) is 5.11. The Morgan fingerprint density at radius 1 is 1.20 bits per heavy atom. The second-order valence-electron chi connectivity index (χ2n) is 8.79. The largest absolute Gasteiger partial charge is 0.435 e. The maximum Gasteiger partial charge on any atom is 0.435 e. The molecule has 1 fully saturated rings. The number of thiazole rings is 1. The fraction of sp³-hybridized carbons (Fsp3) is 0.417. The number of aromatic nitrogens is 3. The molecule has 1 saturated heterocycles. The van der Waals surface area contributed by atoms with Gasteiger partial charge in [-0.3, -0.25) is 9.69 Å². The van der Waals surface area contributed by atoms with Crippen molar-refractivity contribution in [1.82, 2.24) is 19.7 Å². The molecule has 4 heterocycles. The first-order valence-corrected chi connectivity index (χ1v) is 12.3. The summed E-state index contributed by atoms with van der Waals surface area (Å²) in [7, 11) is 0. The number of hydrogen-bond acceptors (Lipinski definition) is 7. The first kappa shape index (κ1) is 23.7. The van der Waals surface area contributed by atoms with Crippen molar-refractivity contribution in [2.45, 2.75) is 50.6 Å². The van der Waals surface area contributed by atoms with Crippen LogP contribution < -0.4 is 0 Å². The van der Waals surface area contributed by atoms with E-state index < -0.39 is 18.0 Å². The van der Waals surface area contributed by atoms with Gasteiger partial charge in [-0.1, -0.05) is 35.5 Å². The SMILES string of the molecule is Cc1cc(C(F)(F)F)nn1C(C=O)N1CCC(c2nc(C3=NO[C@H](c4ccccc4)C3)cs2)CC1. The fourth-order valence-corrected chi connectivity index (χ4v) is 5.59. The van der Waals surface area contributed by atoms with Crippen molar-refractivity contribution in [3.63, 3.8) is 0 Å². The fourth-order valence-electron chi connectivity index (χ4n) is 4.59. The van der Waals surface area contributed by atoms with Crippen molar-refractivity contribution < 1.29 is 22.8 Å². The van der Waals surface area contributed by atoms with Crippen molar-refractivity contribution in [3.05, 3.63) is 69.4 Å². The van der Waals surface area contributed by atoms with Crippen molar-refractivity contribution in [2.75, 3.05) is 13.1 Å². The summed E-state index contributed by atoms with van der Waals surface area (Å²) >= 11 is 1.58. The summed E-state index contributed by atoms with van der Waals surface area (Å²) < 4.78 is 40.3. The number of benzene rings is 1. The van der Waals surface area contributed by atoms with E-state index in [4.69, 9.17) is 9.82 Å². The molecule has 1 unspecified atom stereocenters. The predicted molar refractivity (Wildman–Crippen MR) is 124 cm³/mol. The molecule has 2 atom stereocenters. The summed E-state index contributed by atoms with van der Waals surface area (Å²) in [6, 6.07) is 10.9. The van der Waals surface area contributed by atoms with Crippen molar-refractivity contribution in [3.8, 4) is 0 Å². The van der Waals surface area contributed by atoms with E-state index in [1.54, 1.807) is 11.3 Å². The monoisotopic (exact) mass is 503 g/mol. The summed E-state index contributed by atoms with van der Waals surface area (Å²) in [5.74, 6) is 0.217. The number of likely N-dealkylation sites (tertiary alicyclic amines) is 1. The van der Waals surface area contributed by atoms with Gasteiger partial charge in [-0.25, -0.2) is 9.67 Å². The molecule has 2 aromatic heterocycles. The molecule has 3 aromatic rings. The zero-order valence-corrected chi connectivity index (χ0v) is 19.8. The molecule has 2 aliphatic heterocycles. The molecular weight excluding hydrogens is 479 g/mol. The maximum absolute atomic E-state index is 13.1. The highest BCUT2D eigenvalue weighted by atomic mass is 32.1. The van der Waals surface area contributed by atoms with Gasteiger partial charge in [0.05, 0.1) is 10.7 Å². The van der Waals surface area contributed by atoms with Crippen molar-refractivity contribution >= 4 is 23.3 Å². The molecule has 0 aliphatic carbocycles. The number of oxime groups is 1. The molecule has 0 N–H and O–H groups in total. The van der Waals surface area contributed by atoms with Gasteiger partial charge in [0, 0.05) is 36.5 Å². The van der Waals surface area contributed by atoms with Gasteiger partial charge >= 0.3 is 6.18 Å². The molecular formula is C24H24F3N5O2S. The van der Waals surface area contributed by atoms with Crippen LogP contribution in [0.2, 0.25) is 0 Å². The van der Waals surface area contributed by atoms with E-state index in [1.807, 2.05) is 40.6 Å². The van der Waals surface area contributed by atoms with Crippen LogP contribution in [-0.4, -0.2) is 44.8 Å². The molecule has 0 saturated carbocycles. The number of nitrogens with zero attached hydrogens (tertiary/aromatic N) is 5. The standard InChI is InChI=1S/C24H24F3N5O2S/c1-15-11-21(24(25,26)27)29-32(15)22(13-33)31-9-7-17(8-10-31)23-28-19(14-35-23)18-12-20(34-30-18)16-5-3-2-4-6-16/h2-6,11,13-14,17,20,22H,7-10,12H2,1H3/t20-,22?/m0/s1. The molecule has 0 radical (unpaired) electrons. The normalized spacial score (nSPS) is 20.5. The first-order valence-electron chi connectivity index (χ1n) is 11.4. The third-order valence-corrected chi connectivity index (χ3v) is 7.50. The van der Waals surface area contributed by atoms with Crippen LogP contribution in [0, 0.1) is 6.92 Å². The highest BCUT2D eigenvalue weighted by Crippen LogP contribution is 2.35. The third kappa shape index (κ3) is 4.87. The lowest BCUT2D eigenvalue weighted by atomic mass is 9.97. The molecule has 0 spiro atoms. The molecule has 7 nitrogen and oxygen atoms in total. The minimum atomic E-state index is -4.55. The highest BCUT2D eigenvalue weighted by molar-refractivity contribution is 7.10. The minimum absolute atomic E-state index is 0.108. The third-order valence-electron chi connectivity index (χ3n) is 6.50. The lowest BCUT2D eigenvalue weighted by molar-refractivity contribution is -0.142. The molecule has 35 heavy (non-hydrogen) atoms. The topological polar surface area (TPSA) is 72.6 Å². The first-order chi connectivity index (χ1) is 16.8. The van der Waals surface area contributed by atoms with Crippen LogP contribution in [0.5, 0.6) is 0 Å². The zero-order chi connectivity index (χ0) is 24.6. The average molecular weight is 504 g/mol. The Hall–Kier alpha value is -3.05. The highest BCUT2D eigenvalue weighted by Gasteiger charge is 2.36. The Labute approximate surface area is 204 Å². The second kappa shape index (κ2) is 9.54. The lowest BCUT2D eigenvalue weighted by Gasteiger charge is -2.35. The number of halogens is 3. The van der Waals surface area contributed by atoms with E-state index >= 15 is 0 Å². The van der Waals surface area contributed by atoms with Gasteiger partial charge < -0.3 is 4.84 Å². The maximum atomic E-state index is 13.1. The van der Waals surface area contributed by atoms with Crippen LogP contribution in [-0.2, 0) is 15.8 Å². The number of hydrogen-bond donors (Lipinski definition) is 0. The zero-order valence-electron chi connectivity index (χ0n) is 19.0. The van der Waals surface area contributed by atoms with Gasteiger partial charge in [-0.2, -0.15) is 18.3 Å². The van der Waals surface area contributed by atoms with Gasteiger partial charge in [0.25, 0.3) is 0 Å². The van der Waals surface area contributed by atoms with E-state index in [1.165, 1.54) is 11.6 Å². The van der Waals surface area contributed by atoms with Gasteiger partial charge in [0.15, 0.2) is 24.2 Å². The number of rotatable bonds is 6. The van der Waals surface area contributed by atoms with Gasteiger partial charge in [0.1, 0.15) is 5.71 Å². The number of aldehydes is 1. The Bertz CT molecular complexity index is 1220. The van der Waals surface area contributed by atoms with Crippen LogP contribution in [0.3, 0.4) is 0 Å². The van der Waals surface area contributed by atoms with E-state index in [0.29, 0.717) is 31.5 Å². The molecule has 184 valence electrons. The molecule has 5 rings (SSSR count). The van der Waals surface area contributed by atoms with Crippen LogP contribution >= 0.6 is 11.3 Å². The minimum Gasteiger partial charge on any atom is -0.387 e. The molecule has 0 amide bonds. The lowest BCUT2D eigenvalue weighted by Crippen LogP contribution is -2.40. The summed E-state index contributed by atoms with van der Waals surface area (Å²) in [6.45, 7) is 2.65. The molecule has 1 aromatic carbocycles. The summed E-state index contributed by atoms with van der Waals surface area (Å²) in [5, 5.41) is 10.9. The van der Waals surface area contributed by atoms with Crippen LogP contribution in [0.1, 0.15) is 65.1 Å². The van der Waals surface area contributed by atoms with Crippen molar-refractivity contribution in [1.29, 1.82) is 0 Å². The summed E-state index contributed by atoms with van der Waals surface area (Å²) in [5.41, 5.74) is 2.04. The summed E-state index contributed by atoms with van der Waals surface area (Å²) in [6.07, 6.45) is -2.70. The number of carbonyl (C=O) groups is 1. The van der Waals surface area contributed by atoms with E-state index in [9.17, 15) is 18.0 Å². The van der Waals surface area contributed by atoms with Crippen molar-refractivity contribution in [2.24, 2.45) is 5.16 Å². The Kier molecular flexibility index (Phi) is 6.45. The molecule has 11 heteroatoms. The molecule has 2 aliphatic rings. The second-order valence-corrected chi connectivity index (χ2v) is 9.68. The number of aryl methyl sites for hydroxylation is 1. The van der Waals surface area contributed by atoms with Crippen LogP contribution in [0.4, 0.5) is 13.2 Å². The molecule has 0 bridgehead atoms. The van der Waals surface area contributed by atoms with Crippen LogP contribution in [0.15, 0.2) is 46.9 Å². The number of alkyl halides is 3. The number of piperidine rings is 1. The van der Waals surface area contributed by atoms with E-state index in [-0.39, 0.29) is 12.0 Å². The summed E-state index contributed by atoms with van der Waals surface area (Å²) in [4.78, 5) is 24.1. The Morgan fingerprint density at radius 3 is 2.60 bits per heavy atom. The van der Waals surface area contributed by atoms with Crippen LogP contribution in [0.25, 0.3) is 0 Å². The van der Waals surface area contributed by atoms with Gasteiger partial charge in [-0.05, 0) is 31.4 Å². The quantitative estimate of drug-likeness (QED) is 0.437. The van der Waals surface area contributed by atoms with Gasteiger partial charge in [0.2, 0.25) is 0 Å².